The van der Waals surface area contributed by atoms with E-state index in [2.05, 4.69) is 9.62 Å². The lowest BCUT2D eigenvalue weighted by atomic mass is 9.70. The summed E-state index contributed by atoms with van der Waals surface area (Å²) in [4.78, 5) is 15.9. The number of benzene rings is 2. The molecule has 2 aliphatic carbocycles. The first-order valence-corrected chi connectivity index (χ1v) is 18.3. The van der Waals surface area contributed by atoms with E-state index in [0.29, 0.717) is 47.6 Å². The second-order valence-corrected chi connectivity index (χ2v) is 15.8. The van der Waals surface area contributed by atoms with Gasteiger partial charge in [-0.05, 0) is 110 Å². The molecule has 2 aliphatic heterocycles. The van der Waals surface area contributed by atoms with E-state index >= 15 is 0 Å². The van der Waals surface area contributed by atoms with Crippen molar-refractivity contribution in [2.24, 2.45) is 23.7 Å². The molecule has 2 N–H and O–H groups in total. The van der Waals surface area contributed by atoms with Gasteiger partial charge < -0.3 is 14.7 Å². The van der Waals surface area contributed by atoms with E-state index < -0.39 is 27.3 Å². The Hall–Kier alpha value is -2.55. The number of nitrogens with one attached hydrogen (secondary N) is 1. The van der Waals surface area contributed by atoms with E-state index in [1.165, 1.54) is 5.56 Å². The van der Waals surface area contributed by atoms with Gasteiger partial charge in [0.05, 0.1) is 17.0 Å². The number of amides is 1. The molecule has 2 heterocycles. The average Bonchev–Trinajstić information content (AvgIpc) is 2.96. The zero-order valence-corrected chi connectivity index (χ0v) is 27.2. The van der Waals surface area contributed by atoms with E-state index in [0.717, 1.165) is 75.7 Å². The van der Waals surface area contributed by atoms with E-state index in [1.807, 2.05) is 37.3 Å². The number of anilines is 1. The number of carbonyl (C=O) groups is 1. The number of allylic oxidation sites excluding steroid dienone is 1. The number of fused-ring (bicyclic) bond motifs is 3. The first-order chi connectivity index (χ1) is 21.2. The minimum absolute atomic E-state index is 0.143. The summed E-state index contributed by atoms with van der Waals surface area (Å²) < 4.78 is 36.4. The van der Waals surface area contributed by atoms with Crippen molar-refractivity contribution >= 4 is 33.2 Å². The molecule has 4 aliphatic rings. The number of hydrogen-bond donors (Lipinski definition) is 2. The SMILES string of the molecule is C[C@@H]1C/C=C/[C@H](O)[C@@H]2CC[C@H]2CN2CCCCc3cc(Cl)ccc3COc3ccc(cc32)C(=O)NS(=O)(=O)C1CC1CCC1. The number of rotatable bonds is 2. The molecule has 44 heavy (non-hydrogen) atoms. The highest BCUT2D eigenvalue weighted by atomic mass is 35.5. The minimum atomic E-state index is -3.94. The Labute approximate surface area is 267 Å². The fraction of sp³-hybridized carbons (Fsp3) is 0.571. The van der Waals surface area contributed by atoms with Crippen LogP contribution >= 0.6 is 11.6 Å². The molecule has 0 saturated heterocycles. The number of hydrogen-bond acceptors (Lipinski definition) is 6. The van der Waals surface area contributed by atoms with Crippen molar-refractivity contribution in [2.75, 3.05) is 18.0 Å². The molecule has 2 aromatic rings. The molecule has 6 rings (SSSR count). The van der Waals surface area contributed by atoms with Crippen molar-refractivity contribution in [3.63, 3.8) is 0 Å². The average molecular weight is 641 g/mol. The summed E-state index contributed by atoms with van der Waals surface area (Å²) in [5.41, 5.74) is 3.35. The summed E-state index contributed by atoms with van der Waals surface area (Å²) in [7, 11) is -3.94. The van der Waals surface area contributed by atoms with Crippen LogP contribution < -0.4 is 14.4 Å². The van der Waals surface area contributed by atoms with Crippen LogP contribution in [0.5, 0.6) is 5.75 Å². The summed E-state index contributed by atoms with van der Waals surface area (Å²) in [5.74, 6) is 0.671. The van der Waals surface area contributed by atoms with Crippen LogP contribution in [0.3, 0.4) is 0 Å². The van der Waals surface area contributed by atoms with Gasteiger partial charge in [-0.15, -0.1) is 0 Å². The van der Waals surface area contributed by atoms with Crippen molar-refractivity contribution in [3.05, 3.63) is 70.3 Å². The molecule has 0 spiro atoms. The van der Waals surface area contributed by atoms with Crippen molar-refractivity contribution in [2.45, 2.75) is 89.1 Å². The number of sulfonamides is 1. The minimum Gasteiger partial charge on any atom is -0.487 e. The maximum absolute atomic E-state index is 13.8. The van der Waals surface area contributed by atoms with Crippen LogP contribution in [0.15, 0.2) is 48.6 Å². The Morgan fingerprint density at radius 3 is 2.64 bits per heavy atom. The predicted molar refractivity (Wildman–Crippen MR) is 175 cm³/mol. The van der Waals surface area contributed by atoms with Gasteiger partial charge in [0, 0.05) is 23.7 Å². The number of nitrogens with zero attached hydrogens (tertiary/aromatic N) is 1. The monoisotopic (exact) mass is 640 g/mol. The second-order valence-electron chi connectivity index (χ2n) is 13.5. The van der Waals surface area contributed by atoms with Crippen LogP contribution in [0.1, 0.15) is 86.2 Å². The van der Waals surface area contributed by atoms with Crippen LogP contribution in [-0.2, 0) is 23.1 Å². The van der Waals surface area contributed by atoms with Gasteiger partial charge in [-0.1, -0.05) is 56.0 Å². The number of halogens is 1. The molecule has 238 valence electrons. The Balaban J connectivity index is 1.37. The number of aliphatic hydroxyl groups is 1. The third kappa shape index (κ3) is 6.97. The van der Waals surface area contributed by atoms with Crippen molar-refractivity contribution in [1.82, 2.24) is 4.72 Å². The fourth-order valence-electron chi connectivity index (χ4n) is 7.35. The lowest BCUT2D eigenvalue weighted by Gasteiger charge is -2.42. The van der Waals surface area contributed by atoms with E-state index in [4.69, 9.17) is 16.3 Å². The molecule has 0 radical (unpaired) electrons. The van der Waals surface area contributed by atoms with Crippen molar-refractivity contribution in [1.29, 1.82) is 0 Å². The Kier molecular flexibility index (Phi) is 9.60. The number of carbonyl (C=O) groups excluding carboxylic acids is 1. The summed E-state index contributed by atoms with van der Waals surface area (Å²) >= 11 is 6.33. The van der Waals surface area contributed by atoms with Gasteiger partial charge in [-0.2, -0.15) is 0 Å². The molecule has 2 saturated carbocycles. The Morgan fingerprint density at radius 2 is 1.89 bits per heavy atom. The van der Waals surface area contributed by atoms with Gasteiger partial charge in [-0.3, -0.25) is 4.79 Å². The first kappa shape index (κ1) is 31.4. The molecule has 9 heteroatoms. The highest BCUT2D eigenvalue weighted by Crippen LogP contribution is 2.41. The van der Waals surface area contributed by atoms with E-state index in [1.54, 1.807) is 18.2 Å². The van der Waals surface area contributed by atoms with Gasteiger partial charge in [0.1, 0.15) is 12.4 Å². The second kappa shape index (κ2) is 13.4. The lowest BCUT2D eigenvalue weighted by Crippen LogP contribution is -2.44. The first-order valence-electron chi connectivity index (χ1n) is 16.4. The number of aryl methyl sites for hydroxylation is 1. The molecule has 2 fully saturated rings. The predicted octanol–water partition coefficient (Wildman–Crippen LogP) is 6.66. The lowest BCUT2D eigenvalue weighted by molar-refractivity contribution is 0.0461. The molecule has 2 aromatic carbocycles. The highest BCUT2D eigenvalue weighted by Gasteiger charge is 2.38. The maximum Gasteiger partial charge on any atom is 0.264 e. The third-order valence-electron chi connectivity index (χ3n) is 10.5. The zero-order valence-electron chi connectivity index (χ0n) is 25.6. The van der Waals surface area contributed by atoms with E-state index in [9.17, 15) is 18.3 Å². The highest BCUT2D eigenvalue weighted by molar-refractivity contribution is 7.90. The maximum atomic E-state index is 13.8. The molecule has 1 unspecified atom stereocenters. The van der Waals surface area contributed by atoms with Gasteiger partial charge in [0.15, 0.2) is 0 Å². The number of aliphatic hydroxyl groups excluding tert-OH is 1. The van der Waals surface area contributed by atoms with Gasteiger partial charge in [-0.25, -0.2) is 13.1 Å². The van der Waals surface area contributed by atoms with Crippen LogP contribution in [0.2, 0.25) is 5.02 Å². The van der Waals surface area contributed by atoms with Crippen molar-refractivity contribution in [3.8, 4) is 5.75 Å². The summed E-state index contributed by atoms with van der Waals surface area (Å²) in [5, 5.41) is 11.2. The molecule has 2 bridgehead atoms. The molecule has 5 atom stereocenters. The standard InChI is InChI=1S/C35H45ClN2O5S/c1-23-6-4-10-32(39)30-15-12-27(30)21-38-17-3-2-9-25-19-29(36)14-11-28(25)22-43-33-16-13-26(20-31(33)38)35(40)37-44(41,42)34(23)18-24-7-5-8-24/h4,10-11,13-14,16,19-20,23-24,27,30,32,34,39H,2-3,5-9,12,15,17-18,21-22H2,1H3,(H,37,40)/b10-4+/t23-,27+,30-,32+,34?/m1/s1. The molecule has 7 nitrogen and oxygen atoms in total. The van der Waals surface area contributed by atoms with Crippen molar-refractivity contribution < 1.29 is 23.1 Å². The van der Waals surface area contributed by atoms with Crippen LogP contribution in [0.25, 0.3) is 0 Å². The molecule has 0 aromatic heterocycles. The topological polar surface area (TPSA) is 95.9 Å². The van der Waals surface area contributed by atoms with Crippen LogP contribution in [0, 0.1) is 23.7 Å². The van der Waals surface area contributed by atoms with E-state index in [-0.39, 0.29) is 11.8 Å². The Morgan fingerprint density at radius 1 is 1.05 bits per heavy atom. The third-order valence-corrected chi connectivity index (χ3v) is 12.7. The summed E-state index contributed by atoms with van der Waals surface area (Å²) in [6, 6.07) is 11.2. The zero-order chi connectivity index (χ0) is 30.8. The summed E-state index contributed by atoms with van der Waals surface area (Å²) in [6.07, 6.45) is 12.3. The van der Waals surface area contributed by atoms with Gasteiger partial charge >= 0.3 is 0 Å². The quantitative estimate of drug-likeness (QED) is 0.356. The van der Waals surface area contributed by atoms with Gasteiger partial charge in [0.2, 0.25) is 10.0 Å². The molecular weight excluding hydrogens is 596 g/mol. The largest absolute Gasteiger partial charge is 0.487 e. The molecule has 1 amide bonds. The van der Waals surface area contributed by atoms with Crippen LogP contribution in [-0.4, -0.2) is 43.9 Å². The Bertz CT molecular complexity index is 1490. The van der Waals surface area contributed by atoms with Crippen LogP contribution in [0.4, 0.5) is 5.69 Å². The number of ether oxygens (including phenoxy) is 1. The smallest absolute Gasteiger partial charge is 0.264 e. The van der Waals surface area contributed by atoms with Gasteiger partial charge in [0.25, 0.3) is 5.91 Å². The summed E-state index contributed by atoms with van der Waals surface area (Å²) in [6.45, 7) is 3.79. The molecular formula is C35H45ClN2O5S. The fourth-order valence-corrected chi connectivity index (χ4v) is 9.32. The normalized spacial score (nSPS) is 30.2.